The highest BCUT2D eigenvalue weighted by Crippen LogP contribution is 2.41. The van der Waals surface area contributed by atoms with Crippen LogP contribution in [-0.4, -0.2) is 41.7 Å². The number of ether oxygens (including phenoxy) is 6. The number of methoxy groups -OCH3 is 3. The molecule has 2 rings (SSSR count). The Labute approximate surface area is 164 Å². The van der Waals surface area contributed by atoms with Crippen molar-refractivity contribution in [3.05, 3.63) is 53.1 Å². The molecular formula is C21H23NO6. The van der Waals surface area contributed by atoms with Crippen LogP contribution in [0.15, 0.2) is 36.4 Å². The van der Waals surface area contributed by atoms with E-state index in [4.69, 9.17) is 33.7 Å². The first kappa shape index (κ1) is 21.3. The zero-order valence-corrected chi connectivity index (χ0v) is 16.1. The van der Waals surface area contributed by atoms with Crippen molar-refractivity contribution in [1.29, 1.82) is 5.26 Å². The minimum absolute atomic E-state index is 0.0233. The molecule has 0 aliphatic carbocycles. The van der Waals surface area contributed by atoms with Gasteiger partial charge in [-0.15, -0.1) is 0 Å². The smallest absolute Gasteiger partial charge is 0.207 e. The second kappa shape index (κ2) is 11.6. The zero-order chi connectivity index (χ0) is 20.2. The molecule has 0 saturated carbocycles. The van der Waals surface area contributed by atoms with Crippen LogP contribution in [0.5, 0.6) is 17.2 Å². The maximum Gasteiger partial charge on any atom is 0.207 e. The number of nitrogens with zero attached hydrogens (tertiary/aromatic N) is 1. The molecule has 0 N–H and O–H groups in total. The molecule has 0 radical (unpaired) electrons. The Kier molecular flexibility index (Phi) is 8.82. The van der Waals surface area contributed by atoms with E-state index in [-0.39, 0.29) is 20.4 Å². The highest BCUT2D eigenvalue weighted by Gasteiger charge is 2.17. The molecule has 0 aromatic heterocycles. The molecule has 148 valence electrons. The lowest BCUT2D eigenvalue weighted by Crippen LogP contribution is -2.08. The van der Waals surface area contributed by atoms with Crippen molar-refractivity contribution in [3.8, 4) is 23.3 Å². The summed E-state index contributed by atoms with van der Waals surface area (Å²) in [6.45, 7) is 0.123. The molecule has 0 spiro atoms. The lowest BCUT2D eigenvalue weighted by molar-refractivity contribution is 0.0217. The van der Waals surface area contributed by atoms with E-state index in [0.29, 0.717) is 22.8 Å². The molecule has 0 saturated heterocycles. The van der Waals surface area contributed by atoms with Crippen molar-refractivity contribution in [2.45, 2.75) is 0 Å². The summed E-state index contributed by atoms with van der Waals surface area (Å²) >= 11 is 0. The molecule has 2 aromatic rings. The monoisotopic (exact) mass is 385 g/mol. The first-order valence-corrected chi connectivity index (χ1v) is 8.44. The van der Waals surface area contributed by atoms with Gasteiger partial charge in [0.15, 0.2) is 31.9 Å². The molecule has 0 aliphatic rings. The van der Waals surface area contributed by atoms with E-state index in [1.807, 2.05) is 30.4 Å². The van der Waals surface area contributed by atoms with Crippen molar-refractivity contribution in [2.24, 2.45) is 0 Å². The number of hydrogen-bond donors (Lipinski definition) is 0. The summed E-state index contributed by atoms with van der Waals surface area (Å²) in [5, 5.41) is 8.90. The van der Waals surface area contributed by atoms with Crippen molar-refractivity contribution < 1.29 is 28.4 Å². The molecule has 7 nitrogen and oxygen atoms in total. The van der Waals surface area contributed by atoms with Crippen LogP contribution in [0.3, 0.4) is 0 Å². The molecule has 0 aliphatic heterocycles. The normalized spacial score (nSPS) is 10.6. The van der Waals surface area contributed by atoms with Crippen LogP contribution >= 0.6 is 0 Å². The summed E-state index contributed by atoms with van der Waals surface area (Å²) < 4.78 is 32.0. The summed E-state index contributed by atoms with van der Waals surface area (Å²) in [5.74, 6) is 1.30. The average molecular weight is 385 g/mol. The van der Waals surface area contributed by atoms with Gasteiger partial charge >= 0.3 is 0 Å². The van der Waals surface area contributed by atoms with Crippen LogP contribution in [0.25, 0.3) is 12.2 Å². The Balaban J connectivity index is 2.39. The third-order valence-electron chi connectivity index (χ3n) is 3.58. The molecule has 0 bridgehead atoms. The molecule has 0 heterocycles. The second-order valence-electron chi connectivity index (χ2n) is 5.53. The van der Waals surface area contributed by atoms with Crippen molar-refractivity contribution in [1.82, 2.24) is 0 Å². The summed E-state index contributed by atoms with van der Waals surface area (Å²) in [4.78, 5) is 0. The maximum atomic E-state index is 8.90. The van der Waals surface area contributed by atoms with Gasteiger partial charge in [-0.2, -0.15) is 5.26 Å². The molecule has 7 heteroatoms. The summed E-state index contributed by atoms with van der Waals surface area (Å²) in [6.07, 6.45) is 3.79. The summed E-state index contributed by atoms with van der Waals surface area (Å²) in [7, 11) is 4.60. The van der Waals surface area contributed by atoms with Crippen molar-refractivity contribution in [2.75, 3.05) is 41.7 Å². The molecular weight excluding hydrogens is 362 g/mol. The van der Waals surface area contributed by atoms with E-state index in [0.717, 1.165) is 11.1 Å². The quantitative estimate of drug-likeness (QED) is 0.431. The average Bonchev–Trinajstić information content (AvgIpc) is 2.74. The zero-order valence-electron chi connectivity index (χ0n) is 16.1. The molecule has 0 fully saturated rings. The van der Waals surface area contributed by atoms with Crippen LogP contribution in [0.2, 0.25) is 0 Å². The Morgan fingerprint density at radius 2 is 1.36 bits per heavy atom. The highest BCUT2D eigenvalue weighted by atomic mass is 16.7. The van der Waals surface area contributed by atoms with E-state index in [1.54, 1.807) is 18.2 Å². The van der Waals surface area contributed by atoms with Gasteiger partial charge in [0.25, 0.3) is 0 Å². The van der Waals surface area contributed by atoms with Crippen molar-refractivity contribution >= 4 is 12.2 Å². The summed E-state index contributed by atoms with van der Waals surface area (Å²) in [6, 6.07) is 13.0. The molecule has 28 heavy (non-hydrogen) atoms. The van der Waals surface area contributed by atoms with Crippen LogP contribution in [0, 0.1) is 11.3 Å². The predicted molar refractivity (Wildman–Crippen MR) is 104 cm³/mol. The van der Waals surface area contributed by atoms with Gasteiger partial charge in [-0.05, 0) is 29.8 Å². The lowest BCUT2D eigenvalue weighted by atomic mass is 10.1. The first-order valence-electron chi connectivity index (χ1n) is 8.44. The molecule has 2 aromatic carbocycles. The predicted octanol–water partition coefficient (Wildman–Crippen LogP) is 3.68. The van der Waals surface area contributed by atoms with Gasteiger partial charge in [0.05, 0.1) is 11.6 Å². The third-order valence-corrected chi connectivity index (χ3v) is 3.58. The SMILES string of the molecule is COCOc1ccc(C=Cc2ccc(C#N)cc2)c(OCOC)c1OCOC. The third kappa shape index (κ3) is 5.99. The molecule has 0 amide bonds. The van der Waals surface area contributed by atoms with Gasteiger partial charge in [0.1, 0.15) is 0 Å². The fraction of sp³-hybridized carbons (Fsp3) is 0.286. The Hall–Kier alpha value is -3.05. The topological polar surface area (TPSA) is 79.2 Å². The van der Waals surface area contributed by atoms with Gasteiger partial charge in [-0.25, -0.2) is 0 Å². The van der Waals surface area contributed by atoms with Gasteiger partial charge in [-0.1, -0.05) is 24.3 Å². The maximum absolute atomic E-state index is 8.90. The minimum atomic E-state index is 0.0233. The van der Waals surface area contributed by atoms with Crippen LogP contribution in [0.4, 0.5) is 0 Å². The largest absolute Gasteiger partial charge is 0.464 e. The minimum Gasteiger partial charge on any atom is -0.464 e. The van der Waals surface area contributed by atoms with Crippen LogP contribution in [-0.2, 0) is 14.2 Å². The first-order chi connectivity index (χ1) is 13.7. The van der Waals surface area contributed by atoms with Gasteiger partial charge in [-0.3, -0.25) is 0 Å². The van der Waals surface area contributed by atoms with Gasteiger partial charge in [0, 0.05) is 26.9 Å². The fourth-order valence-corrected chi connectivity index (χ4v) is 2.30. The standard InChI is InChI=1S/C21H23NO6/c1-23-13-26-19-11-10-18(9-8-16-4-6-17(12-22)7-5-16)20(27-14-24-2)21(19)28-15-25-3/h4-11H,13-15H2,1-3H3. The molecule has 0 atom stereocenters. The Morgan fingerprint density at radius 3 is 1.96 bits per heavy atom. The number of nitriles is 1. The van der Waals surface area contributed by atoms with Crippen LogP contribution < -0.4 is 14.2 Å². The second-order valence-corrected chi connectivity index (χ2v) is 5.53. The van der Waals surface area contributed by atoms with Gasteiger partial charge < -0.3 is 28.4 Å². The van der Waals surface area contributed by atoms with Crippen molar-refractivity contribution in [3.63, 3.8) is 0 Å². The Bertz CT molecular complexity index is 811. The van der Waals surface area contributed by atoms with E-state index in [9.17, 15) is 0 Å². The molecule has 0 unspecified atom stereocenters. The number of hydrogen-bond acceptors (Lipinski definition) is 7. The number of benzene rings is 2. The van der Waals surface area contributed by atoms with Crippen LogP contribution in [0.1, 0.15) is 16.7 Å². The van der Waals surface area contributed by atoms with E-state index in [2.05, 4.69) is 6.07 Å². The summed E-state index contributed by atoms with van der Waals surface area (Å²) in [5.41, 5.74) is 2.31. The fourth-order valence-electron chi connectivity index (χ4n) is 2.30. The van der Waals surface area contributed by atoms with Gasteiger partial charge in [0.2, 0.25) is 5.75 Å². The number of rotatable bonds is 11. The lowest BCUT2D eigenvalue weighted by Gasteiger charge is -2.18. The van der Waals surface area contributed by atoms with E-state index < -0.39 is 0 Å². The highest BCUT2D eigenvalue weighted by molar-refractivity contribution is 5.76. The van der Waals surface area contributed by atoms with E-state index in [1.165, 1.54) is 21.3 Å². The Morgan fingerprint density at radius 1 is 0.750 bits per heavy atom. The van der Waals surface area contributed by atoms with E-state index >= 15 is 0 Å².